The summed E-state index contributed by atoms with van der Waals surface area (Å²) in [4.78, 5) is 22.8. The standard InChI is InChI=1S/C26H29FN4O2/c1-25(2,33)10-9-22-16-18-15-19(24(32)30-13-11-26(3,27)12-14-30)17-29-23(18)31(22)21-7-5-20(28-4)6-8-21/h5-8,15-17,33H,9-14H2,1-3H3. The Bertz CT molecular complexity index is 1210. The molecule has 7 heteroatoms. The number of likely N-dealkylation sites (tertiary alicyclic amines) is 1. The summed E-state index contributed by atoms with van der Waals surface area (Å²) in [6.45, 7) is 13.1. The highest BCUT2D eigenvalue weighted by atomic mass is 19.1. The van der Waals surface area contributed by atoms with E-state index >= 15 is 0 Å². The predicted octanol–water partition coefficient (Wildman–Crippen LogP) is 5.24. The molecule has 33 heavy (non-hydrogen) atoms. The summed E-state index contributed by atoms with van der Waals surface area (Å²) in [5.41, 5.74) is 1.55. The van der Waals surface area contributed by atoms with Gasteiger partial charge in [-0.15, -0.1) is 0 Å². The predicted molar refractivity (Wildman–Crippen MR) is 127 cm³/mol. The number of carbonyl (C=O) groups excluding carboxylic acids is 1. The van der Waals surface area contributed by atoms with Gasteiger partial charge in [-0.3, -0.25) is 9.36 Å². The smallest absolute Gasteiger partial charge is 0.255 e. The number of halogens is 1. The number of aromatic nitrogens is 2. The molecule has 1 aliphatic heterocycles. The lowest BCUT2D eigenvalue weighted by atomic mass is 9.95. The molecule has 0 spiro atoms. The van der Waals surface area contributed by atoms with E-state index in [2.05, 4.69) is 9.83 Å². The normalized spacial score (nSPS) is 16.1. The molecule has 1 aromatic carbocycles. The first-order valence-corrected chi connectivity index (χ1v) is 11.3. The van der Waals surface area contributed by atoms with Crippen LogP contribution in [0.2, 0.25) is 0 Å². The molecular formula is C26H29FN4O2. The maximum atomic E-state index is 14.1. The highest BCUT2D eigenvalue weighted by Crippen LogP contribution is 2.29. The van der Waals surface area contributed by atoms with Crippen LogP contribution in [0.1, 0.15) is 56.1 Å². The molecule has 0 radical (unpaired) electrons. The number of nitrogens with zero attached hydrogens (tertiary/aromatic N) is 4. The molecule has 1 aliphatic rings. The van der Waals surface area contributed by atoms with Crippen molar-refractivity contribution in [2.45, 2.75) is 57.7 Å². The second kappa shape index (κ2) is 8.60. The molecule has 4 rings (SSSR count). The Balaban J connectivity index is 1.71. The van der Waals surface area contributed by atoms with Crippen LogP contribution in [0.15, 0.2) is 42.6 Å². The molecule has 3 heterocycles. The Hall–Kier alpha value is -3.24. The molecule has 1 saturated heterocycles. The van der Waals surface area contributed by atoms with E-state index in [0.717, 1.165) is 16.8 Å². The topological polar surface area (TPSA) is 62.7 Å². The van der Waals surface area contributed by atoms with Crippen LogP contribution in [0.3, 0.4) is 0 Å². The van der Waals surface area contributed by atoms with Crippen LogP contribution in [-0.2, 0) is 6.42 Å². The lowest BCUT2D eigenvalue weighted by Gasteiger charge is -2.34. The average molecular weight is 449 g/mol. The van der Waals surface area contributed by atoms with E-state index in [-0.39, 0.29) is 5.91 Å². The van der Waals surface area contributed by atoms with Gasteiger partial charge in [-0.25, -0.2) is 14.2 Å². The molecule has 1 N–H and O–H groups in total. The van der Waals surface area contributed by atoms with Crippen molar-refractivity contribution in [1.29, 1.82) is 0 Å². The summed E-state index contributed by atoms with van der Waals surface area (Å²) in [7, 11) is 0. The largest absolute Gasteiger partial charge is 0.390 e. The lowest BCUT2D eigenvalue weighted by Crippen LogP contribution is -2.43. The van der Waals surface area contributed by atoms with Gasteiger partial charge in [0.15, 0.2) is 5.69 Å². The van der Waals surface area contributed by atoms with Crippen molar-refractivity contribution < 1.29 is 14.3 Å². The lowest BCUT2D eigenvalue weighted by molar-refractivity contribution is 0.0503. The maximum Gasteiger partial charge on any atom is 0.255 e. The van der Waals surface area contributed by atoms with Gasteiger partial charge in [0, 0.05) is 36.1 Å². The summed E-state index contributed by atoms with van der Waals surface area (Å²) in [6, 6.07) is 11.1. The van der Waals surface area contributed by atoms with Crippen molar-refractivity contribution >= 4 is 22.6 Å². The summed E-state index contributed by atoms with van der Waals surface area (Å²) in [6.07, 6.45) is 3.44. The van der Waals surface area contributed by atoms with E-state index in [0.29, 0.717) is 55.7 Å². The van der Waals surface area contributed by atoms with Gasteiger partial charge < -0.3 is 10.0 Å². The number of fused-ring (bicyclic) bond motifs is 1. The molecule has 172 valence electrons. The van der Waals surface area contributed by atoms with Crippen molar-refractivity contribution in [2.75, 3.05) is 13.1 Å². The van der Waals surface area contributed by atoms with Gasteiger partial charge in [0.2, 0.25) is 0 Å². The van der Waals surface area contributed by atoms with Crippen LogP contribution >= 0.6 is 0 Å². The first kappa shape index (κ1) is 22.9. The molecule has 0 aliphatic carbocycles. The minimum absolute atomic E-state index is 0.132. The first-order chi connectivity index (χ1) is 15.6. The number of alkyl halides is 1. The van der Waals surface area contributed by atoms with Crippen LogP contribution in [0.5, 0.6) is 0 Å². The van der Waals surface area contributed by atoms with Gasteiger partial charge >= 0.3 is 0 Å². The van der Waals surface area contributed by atoms with E-state index in [1.165, 1.54) is 0 Å². The van der Waals surface area contributed by atoms with Gasteiger partial charge in [0.1, 0.15) is 11.3 Å². The molecule has 0 unspecified atom stereocenters. The quantitative estimate of drug-likeness (QED) is 0.543. The van der Waals surface area contributed by atoms with Crippen LogP contribution in [0, 0.1) is 6.57 Å². The van der Waals surface area contributed by atoms with Crippen LogP contribution in [0.25, 0.3) is 21.6 Å². The maximum absolute atomic E-state index is 14.1. The zero-order valence-electron chi connectivity index (χ0n) is 19.3. The highest BCUT2D eigenvalue weighted by molar-refractivity contribution is 5.97. The Labute approximate surface area is 193 Å². The number of aliphatic hydroxyl groups is 1. The summed E-state index contributed by atoms with van der Waals surface area (Å²) >= 11 is 0. The molecule has 0 atom stereocenters. The number of carbonyl (C=O) groups is 1. The molecule has 2 aromatic heterocycles. The molecule has 3 aromatic rings. The minimum Gasteiger partial charge on any atom is -0.390 e. The average Bonchev–Trinajstić information content (AvgIpc) is 3.14. The number of hydrogen-bond donors (Lipinski definition) is 1. The molecule has 6 nitrogen and oxygen atoms in total. The minimum atomic E-state index is -1.21. The molecule has 0 bridgehead atoms. The van der Waals surface area contributed by atoms with Gasteiger partial charge in [0.05, 0.1) is 17.7 Å². The third-order valence-electron chi connectivity index (χ3n) is 6.29. The number of aryl methyl sites for hydroxylation is 1. The van der Waals surface area contributed by atoms with E-state index < -0.39 is 11.3 Å². The van der Waals surface area contributed by atoms with Crippen molar-refractivity contribution in [3.8, 4) is 5.69 Å². The monoisotopic (exact) mass is 448 g/mol. The van der Waals surface area contributed by atoms with Gasteiger partial charge in [-0.2, -0.15) is 0 Å². The van der Waals surface area contributed by atoms with Gasteiger partial charge in [-0.05, 0) is 70.7 Å². The zero-order chi connectivity index (χ0) is 23.8. The van der Waals surface area contributed by atoms with Crippen molar-refractivity contribution in [3.05, 3.63) is 65.3 Å². The molecule has 1 fully saturated rings. The Kier molecular flexibility index (Phi) is 5.98. The molecule has 0 saturated carbocycles. The van der Waals surface area contributed by atoms with E-state index in [1.54, 1.807) is 44.0 Å². The molecular weight excluding hydrogens is 419 g/mol. The van der Waals surface area contributed by atoms with E-state index in [4.69, 9.17) is 6.57 Å². The summed E-state index contributed by atoms with van der Waals surface area (Å²) in [5, 5.41) is 11.1. The Morgan fingerprint density at radius 2 is 1.91 bits per heavy atom. The fraction of sp³-hybridized carbons (Fsp3) is 0.423. The first-order valence-electron chi connectivity index (χ1n) is 11.3. The number of rotatable bonds is 5. The zero-order valence-corrected chi connectivity index (χ0v) is 19.3. The number of hydrogen-bond acceptors (Lipinski definition) is 3. The van der Waals surface area contributed by atoms with Gasteiger partial charge in [0.25, 0.3) is 5.91 Å². The van der Waals surface area contributed by atoms with Crippen molar-refractivity contribution in [3.63, 3.8) is 0 Å². The van der Waals surface area contributed by atoms with Crippen LogP contribution in [0.4, 0.5) is 10.1 Å². The van der Waals surface area contributed by atoms with Crippen molar-refractivity contribution in [2.24, 2.45) is 0 Å². The number of pyridine rings is 1. The van der Waals surface area contributed by atoms with Crippen LogP contribution < -0.4 is 0 Å². The van der Waals surface area contributed by atoms with E-state index in [1.807, 2.05) is 28.8 Å². The summed E-state index contributed by atoms with van der Waals surface area (Å²) in [5.74, 6) is -0.132. The van der Waals surface area contributed by atoms with E-state index in [9.17, 15) is 14.3 Å². The Morgan fingerprint density at radius 3 is 2.52 bits per heavy atom. The second-order valence-corrected chi connectivity index (χ2v) is 9.75. The number of piperidine rings is 1. The van der Waals surface area contributed by atoms with Crippen molar-refractivity contribution in [1.82, 2.24) is 14.5 Å². The van der Waals surface area contributed by atoms with Gasteiger partial charge in [-0.1, -0.05) is 12.1 Å². The fourth-order valence-corrected chi connectivity index (χ4v) is 4.21. The van der Waals surface area contributed by atoms with Crippen LogP contribution in [-0.4, -0.2) is 49.8 Å². The fourth-order valence-electron chi connectivity index (χ4n) is 4.21. The SMILES string of the molecule is [C-]#[N+]c1ccc(-n2c(CCC(C)(C)O)cc3cc(C(=O)N4CCC(C)(F)CC4)cnc32)cc1. The third-order valence-corrected chi connectivity index (χ3v) is 6.29. The number of amides is 1. The molecule has 1 amide bonds. The number of benzene rings is 1. The highest BCUT2D eigenvalue weighted by Gasteiger charge is 2.32. The Morgan fingerprint density at radius 1 is 1.24 bits per heavy atom. The summed E-state index contributed by atoms with van der Waals surface area (Å²) < 4.78 is 16.2. The third kappa shape index (κ3) is 5.07. The second-order valence-electron chi connectivity index (χ2n) is 9.75.